The summed E-state index contributed by atoms with van der Waals surface area (Å²) in [6.07, 6.45) is 10.5. The summed E-state index contributed by atoms with van der Waals surface area (Å²) in [6, 6.07) is 0. The van der Waals surface area contributed by atoms with Gasteiger partial charge in [-0.15, -0.1) is 11.3 Å². The minimum atomic E-state index is 0.966. The quantitative estimate of drug-likeness (QED) is 0.844. The minimum Gasteiger partial charge on any atom is -0.369 e. The summed E-state index contributed by atoms with van der Waals surface area (Å²) in [7, 11) is 0. The molecule has 1 N–H and O–H groups in total. The molecule has 0 spiro atoms. The summed E-state index contributed by atoms with van der Waals surface area (Å²) in [5.41, 5.74) is 2.87. The Hall–Kier alpha value is -1.42. The van der Waals surface area contributed by atoms with Crippen molar-refractivity contribution in [1.29, 1.82) is 0 Å². The fourth-order valence-electron chi connectivity index (χ4n) is 2.62. The first-order chi connectivity index (χ1) is 9.34. The van der Waals surface area contributed by atoms with Gasteiger partial charge in [0.1, 0.15) is 17.0 Å². The maximum atomic E-state index is 4.39. The van der Waals surface area contributed by atoms with E-state index in [0.717, 1.165) is 23.6 Å². The molecule has 0 amide bonds. The summed E-state index contributed by atoms with van der Waals surface area (Å²) < 4.78 is 0. The van der Waals surface area contributed by atoms with Crippen LogP contribution in [0.15, 0.2) is 23.4 Å². The highest BCUT2D eigenvalue weighted by Crippen LogP contribution is 2.28. The predicted octanol–water partition coefficient (Wildman–Crippen LogP) is 4.30. The number of nitrogens with one attached hydrogen (secondary N) is 1. The van der Waals surface area contributed by atoms with Crippen molar-refractivity contribution in [2.75, 3.05) is 11.9 Å². The van der Waals surface area contributed by atoms with Crippen molar-refractivity contribution < 1.29 is 0 Å². The molecule has 2 heterocycles. The zero-order valence-corrected chi connectivity index (χ0v) is 12.1. The highest BCUT2D eigenvalue weighted by Gasteiger charge is 2.08. The van der Waals surface area contributed by atoms with Gasteiger partial charge in [-0.05, 0) is 50.0 Å². The summed E-state index contributed by atoms with van der Waals surface area (Å²) in [6.45, 7) is 3.09. The van der Waals surface area contributed by atoms with Crippen LogP contribution in [0.4, 0.5) is 5.82 Å². The zero-order valence-electron chi connectivity index (χ0n) is 11.3. The molecular formula is C15H19N3S. The second-order valence-electron chi connectivity index (χ2n) is 5.11. The smallest absolute Gasteiger partial charge is 0.138 e. The molecular weight excluding hydrogens is 254 g/mol. The van der Waals surface area contributed by atoms with Crippen LogP contribution in [0.5, 0.6) is 0 Å². The second kappa shape index (κ2) is 5.70. The van der Waals surface area contributed by atoms with E-state index in [1.165, 1.54) is 36.6 Å². The average molecular weight is 273 g/mol. The van der Waals surface area contributed by atoms with Crippen LogP contribution in [0.1, 0.15) is 37.7 Å². The number of anilines is 1. The van der Waals surface area contributed by atoms with Gasteiger partial charge in [-0.1, -0.05) is 11.6 Å². The van der Waals surface area contributed by atoms with E-state index >= 15 is 0 Å². The van der Waals surface area contributed by atoms with Gasteiger partial charge in [0.2, 0.25) is 0 Å². The van der Waals surface area contributed by atoms with Gasteiger partial charge in [0, 0.05) is 6.54 Å². The number of thiophene rings is 1. The molecule has 0 fully saturated rings. The van der Waals surface area contributed by atoms with Crippen molar-refractivity contribution in [1.82, 2.24) is 9.97 Å². The Kier molecular flexibility index (Phi) is 3.78. The Morgan fingerprint density at radius 2 is 2.26 bits per heavy atom. The van der Waals surface area contributed by atoms with E-state index in [-0.39, 0.29) is 0 Å². The van der Waals surface area contributed by atoms with Gasteiger partial charge in [-0.25, -0.2) is 9.97 Å². The van der Waals surface area contributed by atoms with Crippen LogP contribution in [0, 0.1) is 6.92 Å². The maximum Gasteiger partial charge on any atom is 0.138 e. The summed E-state index contributed by atoms with van der Waals surface area (Å²) in [5, 5.41) is 6.81. The van der Waals surface area contributed by atoms with Gasteiger partial charge < -0.3 is 5.32 Å². The third-order valence-corrected chi connectivity index (χ3v) is 4.68. The first kappa shape index (κ1) is 12.6. The van der Waals surface area contributed by atoms with Crippen LogP contribution in [0.2, 0.25) is 0 Å². The number of hydrogen-bond acceptors (Lipinski definition) is 4. The molecule has 0 aromatic carbocycles. The molecule has 100 valence electrons. The fraction of sp³-hybridized carbons (Fsp3) is 0.467. The van der Waals surface area contributed by atoms with E-state index in [2.05, 4.69) is 33.7 Å². The molecule has 0 atom stereocenters. The number of hydrogen-bond donors (Lipinski definition) is 1. The highest BCUT2D eigenvalue weighted by molar-refractivity contribution is 7.17. The second-order valence-corrected chi connectivity index (χ2v) is 5.96. The van der Waals surface area contributed by atoms with Crippen molar-refractivity contribution >= 4 is 27.4 Å². The van der Waals surface area contributed by atoms with Crippen LogP contribution in [0.25, 0.3) is 10.2 Å². The molecule has 0 saturated carbocycles. The van der Waals surface area contributed by atoms with Crippen LogP contribution in [-0.2, 0) is 0 Å². The monoisotopic (exact) mass is 273 g/mol. The van der Waals surface area contributed by atoms with Crippen molar-refractivity contribution in [2.45, 2.75) is 39.0 Å². The Labute approximate surface area is 117 Å². The van der Waals surface area contributed by atoms with E-state index in [9.17, 15) is 0 Å². The number of nitrogens with zero attached hydrogens (tertiary/aromatic N) is 2. The molecule has 0 aliphatic heterocycles. The van der Waals surface area contributed by atoms with Gasteiger partial charge in [0.15, 0.2) is 0 Å². The number of fused-ring (bicyclic) bond motifs is 1. The molecule has 0 radical (unpaired) electrons. The van der Waals surface area contributed by atoms with Crippen molar-refractivity contribution in [2.24, 2.45) is 0 Å². The minimum absolute atomic E-state index is 0.966. The van der Waals surface area contributed by atoms with Gasteiger partial charge in [0.05, 0.1) is 5.39 Å². The number of aromatic nitrogens is 2. The largest absolute Gasteiger partial charge is 0.369 e. The predicted molar refractivity (Wildman–Crippen MR) is 81.8 cm³/mol. The lowest BCUT2D eigenvalue weighted by Gasteiger charge is -2.13. The van der Waals surface area contributed by atoms with Crippen LogP contribution in [0.3, 0.4) is 0 Å². The average Bonchev–Trinajstić information content (AvgIpc) is 2.83. The molecule has 2 aromatic rings. The SMILES string of the molecule is Cc1csc2ncnc(NCCC3=CCCCC3)c12. The Morgan fingerprint density at radius 3 is 3.11 bits per heavy atom. The summed E-state index contributed by atoms with van der Waals surface area (Å²) >= 11 is 1.69. The number of rotatable bonds is 4. The van der Waals surface area contributed by atoms with Crippen molar-refractivity contribution in [3.8, 4) is 0 Å². The molecule has 3 rings (SSSR count). The maximum absolute atomic E-state index is 4.39. The third kappa shape index (κ3) is 2.78. The van der Waals surface area contributed by atoms with Gasteiger partial charge in [0.25, 0.3) is 0 Å². The summed E-state index contributed by atoms with van der Waals surface area (Å²) in [5.74, 6) is 0.986. The standard InChI is InChI=1S/C15H19N3S/c1-11-9-19-15-13(11)14(17-10-18-15)16-8-7-12-5-3-2-4-6-12/h5,9-10H,2-4,6-8H2,1H3,(H,16,17,18). The van der Waals surface area contributed by atoms with E-state index < -0.39 is 0 Å². The lowest BCUT2D eigenvalue weighted by atomic mass is 9.97. The molecule has 0 bridgehead atoms. The van der Waals surface area contributed by atoms with Gasteiger partial charge in [-0.3, -0.25) is 0 Å². The van der Waals surface area contributed by atoms with Crippen LogP contribution in [-0.4, -0.2) is 16.5 Å². The molecule has 1 aliphatic rings. The Bertz CT molecular complexity index is 600. The molecule has 4 heteroatoms. The topological polar surface area (TPSA) is 37.8 Å². The molecule has 2 aromatic heterocycles. The zero-order chi connectivity index (χ0) is 13.1. The number of aryl methyl sites for hydroxylation is 1. The molecule has 19 heavy (non-hydrogen) atoms. The van der Waals surface area contributed by atoms with E-state index in [0.29, 0.717) is 0 Å². The highest BCUT2D eigenvalue weighted by atomic mass is 32.1. The molecule has 0 saturated heterocycles. The van der Waals surface area contributed by atoms with E-state index in [1.807, 2.05) is 0 Å². The van der Waals surface area contributed by atoms with Crippen LogP contribution >= 0.6 is 11.3 Å². The number of allylic oxidation sites excluding steroid dienone is 1. The van der Waals surface area contributed by atoms with Gasteiger partial charge in [-0.2, -0.15) is 0 Å². The van der Waals surface area contributed by atoms with Crippen LogP contribution < -0.4 is 5.32 Å². The first-order valence-electron chi connectivity index (χ1n) is 6.95. The van der Waals surface area contributed by atoms with E-state index in [1.54, 1.807) is 23.2 Å². The Morgan fingerprint density at radius 1 is 1.32 bits per heavy atom. The van der Waals surface area contributed by atoms with Gasteiger partial charge >= 0.3 is 0 Å². The van der Waals surface area contributed by atoms with E-state index in [4.69, 9.17) is 0 Å². The molecule has 3 nitrogen and oxygen atoms in total. The molecule has 0 unspecified atom stereocenters. The Balaban J connectivity index is 1.68. The third-order valence-electron chi connectivity index (χ3n) is 3.68. The first-order valence-corrected chi connectivity index (χ1v) is 7.83. The molecule has 1 aliphatic carbocycles. The van der Waals surface area contributed by atoms with Crippen molar-refractivity contribution in [3.05, 3.63) is 28.9 Å². The lowest BCUT2D eigenvalue weighted by molar-refractivity contribution is 0.679. The fourth-order valence-corrected chi connectivity index (χ4v) is 3.51. The lowest BCUT2D eigenvalue weighted by Crippen LogP contribution is -2.06. The normalized spacial score (nSPS) is 15.5. The van der Waals surface area contributed by atoms with Crippen molar-refractivity contribution in [3.63, 3.8) is 0 Å². The summed E-state index contributed by atoms with van der Waals surface area (Å²) in [4.78, 5) is 9.78.